The average Bonchev–Trinajstić information content (AvgIpc) is 3.06. The first-order valence-corrected chi connectivity index (χ1v) is 8.42. The Bertz CT molecular complexity index is 573. The van der Waals surface area contributed by atoms with Crippen molar-refractivity contribution in [3.63, 3.8) is 0 Å². The predicted molar refractivity (Wildman–Crippen MR) is 89.9 cm³/mol. The van der Waals surface area contributed by atoms with Crippen LogP contribution in [0.15, 0.2) is 10.7 Å². The fourth-order valence-corrected chi connectivity index (χ4v) is 1.97. The van der Waals surface area contributed by atoms with Gasteiger partial charge in [0.1, 0.15) is 12.8 Å². The normalized spacial score (nSPS) is 10.2. The van der Waals surface area contributed by atoms with Gasteiger partial charge in [-0.25, -0.2) is 9.78 Å². The summed E-state index contributed by atoms with van der Waals surface area (Å²) in [5.41, 5.74) is 0.173. The van der Waals surface area contributed by atoms with Crippen molar-refractivity contribution in [2.24, 2.45) is 0 Å². The van der Waals surface area contributed by atoms with Crippen molar-refractivity contribution in [3.8, 4) is 0 Å². The number of ether oxygens (including phenoxy) is 1. The van der Waals surface area contributed by atoms with Gasteiger partial charge < -0.3 is 24.7 Å². The van der Waals surface area contributed by atoms with Crippen molar-refractivity contribution in [2.45, 2.75) is 40.2 Å². The van der Waals surface area contributed by atoms with Gasteiger partial charge in [-0.2, -0.15) is 0 Å². The second-order valence-corrected chi connectivity index (χ2v) is 5.27. The van der Waals surface area contributed by atoms with Crippen molar-refractivity contribution < 1.29 is 23.5 Å². The smallest absolute Gasteiger partial charge is 0.325 e. The van der Waals surface area contributed by atoms with Gasteiger partial charge in [0.05, 0.1) is 13.2 Å². The Hall–Kier alpha value is -2.58. The fourth-order valence-electron chi connectivity index (χ4n) is 1.97. The third-order valence-electron chi connectivity index (χ3n) is 3.12. The molecule has 0 aliphatic rings. The highest BCUT2D eigenvalue weighted by Crippen LogP contribution is 2.07. The number of aromatic nitrogens is 1. The summed E-state index contributed by atoms with van der Waals surface area (Å²) in [5, 5.41) is 5.20. The number of nitrogens with one attached hydrogen (secondary N) is 2. The number of rotatable bonds is 10. The molecule has 1 heterocycles. The number of hydrogen-bond donors (Lipinski definition) is 2. The maximum atomic E-state index is 12.2. The minimum Gasteiger partial charge on any atom is -0.465 e. The summed E-state index contributed by atoms with van der Waals surface area (Å²) in [4.78, 5) is 40.9. The quantitative estimate of drug-likeness (QED) is 0.612. The minimum atomic E-state index is -0.502. The van der Waals surface area contributed by atoms with E-state index in [0.717, 1.165) is 12.8 Å². The van der Waals surface area contributed by atoms with Crippen LogP contribution < -0.4 is 10.6 Å². The van der Waals surface area contributed by atoms with Gasteiger partial charge in [-0.05, 0) is 19.8 Å². The average molecular weight is 354 g/mol. The van der Waals surface area contributed by atoms with E-state index in [2.05, 4.69) is 15.6 Å². The standard InChI is InChI=1S/C16H26N4O5/c1-4-7-17-15(22)12-11-25-13(19-12)10-20(8-5-2)16(23)18-9-14(21)24-6-3/h11H,4-10H2,1-3H3,(H,17,22)(H,18,23). The zero-order chi connectivity index (χ0) is 18.7. The van der Waals surface area contributed by atoms with Gasteiger partial charge in [-0.15, -0.1) is 0 Å². The number of hydrogen-bond acceptors (Lipinski definition) is 6. The van der Waals surface area contributed by atoms with Crippen molar-refractivity contribution in [1.29, 1.82) is 0 Å². The second kappa shape index (κ2) is 11.1. The molecular formula is C16H26N4O5. The summed E-state index contributed by atoms with van der Waals surface area (Å²) >= 11 is 0. The lowest BCUT2D eigenvalue weighted by atomic mass is 10.4. The third kappa shape index (κ3) is 7.23. The van der Waals surface area contributed by atoms with Crippen LogP contribution in [0, 0.1) is 0 Å². The zero-order valence-electron chi connectivity index (χ0n) is 15.0. The Balaban J connectivity index is 2.62. The second-order valence-electron chi connectivity index (χ2n) is 5.27. The molecule has 3 amide bonds. The first-order chi connectivity index (χ1) is 12.0. The molecule has 1 aromatic rings. The summed E-state index contributed by atoms with van der Waals surface area (Å²) in [6.07, 6.45) is 2.81. The largest absolute Gasteiger partial charge is 0.465 e. The van der Waals surface area contributed by atoms with Gasteiger partial charge >= 0.3 is 12.0 Å². The number of esters is 1. The molecule has 2 N–H and O–H groups in total. The Morgan fingerprint density at radius 3 is 2.60 bits per heavy atom. The number of nitrogens with zero attached hydrogens (tertiary/aromatic N) is 2. The molecule has 0 aliphatic heterocycles. The number of carbonyl (C=O) groups excluding carboxylic acids is 3. The van der Waals surface area contributed by atoms with Crippen LogP contribution in [-0.2, 0) is 16.1 Å². The SMILES string of the molecule is CCCNC(=O)c1coc(CN(CCC)C(=O)NCC(=O)OCC)n1. The molecule has 140 valence electrons. The van der Waals surface area contributed by atoms with Crippen LogP contribution in [0.2, 0.25) is 0 Å². The van der Waals surface area contributed by atoms with E-state index in [4.69, 9.17) is 9.15 Å². The van der Waals surface area contributed by atoms with E-state index in [1.54, 1.807) is 6.92 Å². The molecular weight excluding hydrogens is 328 g/mol. The first kappa shape index (κ1) is 20.5. The number of oxazole rings is 1. The number of carbonyl (C=O) groups is 3. The van der Waals surface area contributed by atoms with Gasteiger partial charge in [0, 0.05) is 13.1 Å². The fraction of sp³-hybridized carbons (Fsp3) is 0.625. The highest BCUT2D eigenvalue weighted by molar-refractivity contribution is 5.91. The molecule has 25 heavy (non-hydrogen) atoms. The van der Waals surface area contributed by atoms with Gasteiger partial charge in [0.15, 0.2) is 5.69 Å². The van der Waals surface area contributed by atoms with Crippen LogP contribution in [0.3, 0.4) is 0 Å². The zero-order valence-corrected chi connectivity index (χ0v) is 15.0. The van der Waals surface area contributed by atoms with E-state index in [0.29, 0.717) is 13.1 Å². The summed E-state index contributed by atoms with van der Waals surface area (Å²) in [5.74, 6) is -0.564. The molecule has 1 aromatic heterocycles. The minimum absolute atomic E-state index is 0.101. The lowest BCUT2D eigenvalue weighted by Crippen LogP contribution is -2.42. The Morgan fingerprint density at radius 1 is 1.20 bits per heavy atom. The summed E-state index contributed by atoms with van der Waals surface area (Å²) in [6.45, 7) is 6.73. The highest BCUT2D eigenvalue weighted by atomic mass is 16.5. The summed E-state index contributed by atoms with van der Waals surface area (Å²) in [6, 6.07) is -0.426. The van der Waals surface area contributed by atoms with E-state index >= 15 is 0 Å². The van der Waals surface area contributed by atoms with Crippen molar-refractivity contribution >= 4 is 17.9 Å². The van der Waals surface area contributed by atoms with Crippen LogP contribution in [0.25, 0.3) is 0 Å². The van der Waals surface area contributed by atoms with Gasteiger partial charge in [-0.1, -0.05) is 13.8 Å². The maximum Gasteiger partial charge on any atom is 0.325 e. The van der Waals surface area contributed by atoms with Crippen molar-refractivity contribution in [1.82, 2.24) is 20.5 Å². The predicted octanol–water partition coefficient (Wildman–Crippen LogP) is 1.30. The molecule has 1 rings (SSSR count). The molecule has 0 fully saturated rings. The first-order valence-electron chi connectivity index (χ1n) is 8.42. The van der Waals surface area contributed by atoms with Crippen LogP contribution >= 0.6 is 0 Å². The molecule has 9 nitrogen and oxygen atoms in total. The van der Waals surface area contributed by atoms with Crippen LogP contribution in [0.1, 0.15) is 50.0 Å². The lowest BCUT2D eigenvalue weighted by Gasteiger charge is -2.20. The van der Waals surface area contributed by atoms with E-state index in [1.165, 1.54) is 11.2 Å². The maximum absolute atomic E-state index is 12.2. The molecule has 9 heteroatoms. The number of urea groups is 1. The summed E-state index contributed by atoms with van der Waals surface area (Å²) < 4.78 is 10.0. The van der Waals surface area contributed by atoms with Crippen molar-refractivity contribution in [3.05, 3.63) is 17.8 Å². The highest BCUT2D eigenvalue weighted by Gasteiger charge is 2.18. The molecule has 0 aromatic carbocycles. The molecule has 0 atom stereocenters. The van der Waals surface area contributed by atoms with E-state index < -0.39 is 12.0 Å². The Kier molecular flexibility index (Phi) is 9.05. The molecule has 0 saturated carbocycles. The van der Waals surface area contributed by atoms with Crippen LogP contribution in [-0.4, -0.2) is 54.0 Å². The van der Waals surface area contributed by atoms with Gasteiger partial charge in [-0.3, -0.25) is 9.59 Å². The van der Waals surface area contributed by atoms with Gasteiger partial charge in [0.25, 0.3) is 5.91 Å². The van der Waals surface area contributed by atoms with Gasteiger partial charge in [0.2, 0.25) is 5.89 Å². The Labute approximate surface area is 147 Å². The lowest BCUT2D eigenvalue weighted by molar-refractivity contribution is -0.141. The van der Waals surface area contributed by atoms with E-state index in [1.807, 2.05) is 13.8 Å². The van der Waals surface area contributed by atoms with Crippen LogP contribution in [0.5, 0.6) is 0 Å². The molecule has 0 unspecified atom stereocenters. The van der Waals surface area contributed by atoms with Crippen molar-refractivity contribution in [2.75, 3.05) is 26.2 Å². The van der Waals surface area contributed by atoms with E-state index in [-0.39, 0.29) is 37.2 Å². The van der Waals surface area contributed by atoms with Crippen LogP contribution in [0.4, 0.5) is 4.79 Å². The Morgan fingerprint density at radius 2 is 1.96 bits per heavy atom. The molecule has 0 radical (unpaired) electrons. The topological polar surface area (TPSA) is 114 Å². The molecule has 0 aliphatic carbocycles. The van der Waals surface area contributed by atoms with E-state index in [9.17, 15) is 14.4 Å². The summed E-state index contributed by atoms with van der Waals surface area (Å²) in [7, 11) is 0. The molecule has 0 spiro atoms. The molecule has 0 saturated heterocycles. The number of amides is 3. The molecule has 0 bridgehead atoms. The monoisotopic (exact) mass is 354 g/mol. The third-order valence-corrected chi connectivity index (χ3v) is 3.12.